The van der Waals surface area contributed by atoms with Gasteiger partial charge in [0.1, 0.15) is 17.6 Å². The van der Waals surface area contributed by atoms with Crippen molar-refractivity contribution >= 4 is 32.6 Å². The van der Waals surface area contributed by atoms with Gasteiger partial charge >= 0.3 is 0 Å². The van der Waals surface area contributed by atoms with Crippen molar-refractivity contribution in [2.45, 2.75) is 18.5 Å². The SMILES string of the molecule is O=C(Nc1nc2ccc(F)cc2s1)C1CC(c2ccccc2O)NN1. The number of thiazole rings is 1. The first kappa shape index (κ1) is 15.9. The molecule has 2 atom stereocenters. The number of fused-ring (bicyclic) bond motifs is 1. The summed E-state index contributed by atoms with van der Waals surface area (Å²) in [5.41, 5.74) is 7.35. The topological polar surface area (TPSA) is 86.3 Å². The molecular weight excluding hydrogens is 343 g/mol. The molecule has 25 heavy (non-hydrogen) atoms. The van der Waals surface area contributed by atoms with Crippen molar-refractivity contribution in [2.75, 3.05) is 5.32 Å². The third-order valence-electron chi connectivity index (χ3n) is 4.11. The van der Waals surface area contributed by atoms with Crippen LogP contribution in [0.1, 0.15) is 18.0 Å². The van der Waals surface area contributed by atoms with Crippen LogP contribution in [0.15, 0.2) is 42.5 Å². The van der Waals surface area contributed by atoms with Crippen LogP contribution in [0.2, 0.25) is 0 Å². The Kier molecular flexibility index (Phi) is 4.08. The molecule has 1 fully saturated rings. The van der Waals surface area contributed by atoms with Gasteiger partial charge in [-0.2, -0.15) is 0 Å². The van der Waals surface area contributed by atoms with E-state index in [1.807, 2.05) is 12.1 Å². The van der Waals surface area contributed by atoms with Gasteiger partial charge in [0.15, 0.2) is 5.13 Å². The number of hydrogen-bond donors (Lipinski definition) is 4. The van der Waals surface area contributed by atoms with Crippen molar-refractivity contribution in [3.8, 4) is 5.75 Å². The summed E-state index contributed by atoms with van der Waals surface area (Å²) in [6.45, 7) is 0. The van der Waals surface area contributed by atoms with Gasteiger partial charge in [0.25, 0.3) is 0 Å². The minimum atomic E-state index is -0.464. The molecule has 1 aromatic heterocycles. The zero-order valence-corrected chi connectivity index (χ0v) is 13.8. The molecule has 128 valence electrons. The molecule has 1 aliphatic rings. The summed E-state index contributed by atoms with van der Waals surface area (Å²) in [4.78, 5) is 16.7. The Balaban J connectivity index is 1.45. The van der Waals surface area contributed by atoms with Gasteiger partial charge < -0.3 is 10.4 Å². The lowest BCUT2D eigenvalue weighted by Crippen LogP contribution is -2.39. The van der Waals surface area contributed by atoms with Gasteiger partial charge in [-0.15, -0.1) is 0 Å². The zero-order valence-electron chi connectivity index (χ0n) is 13.0. The molecule has 4 rings (SSSR count). The number of halogens is 1. The Morgan fingerprint density at radius 3 is 2.96 bits per heavy atom. The number of carbonyl (C=O) groups is 1. The maximum absolute atomic E-state index is 13.2. The highest BCUT2D eigenvalue weighted by Gasteiger charge is 2.31. The van der Waals surface area contributed by atoms with Crippen LogP contribution in [0.4, 0.5) is 9.52 Å². The number of aromatic nitrogens is 1. The van der Waals surface area contributed by atoms with Gasteiger partial charge in [-0.3, -0.25) is 4.79 Å². The highest BCUT2D eigenvalue weighted by atomic mass is 32.1. The Hall–Kier alpha value is -2.55. The number of amides is 1. The highest BCUT2D eigenvalue weighted by molar-refractivity contribution is 7.22. The lowest BCUT2D eigenvalue weighted by molar-refractivity contribution is -0.117. The van der Waals surface area contributed by atoms with Crippen LogP contribution >= 0.6 is 11.3 Å². The summed E-state index contributed by atoms with van der Waals surface area (Å²) in [5.74, 6) is -0.373. The number of carbonyl (C=O) groups excluding carboxylic acids is 1. The van der Waals surface area contributed by atoms with Crippen LogP contribution in [0, 0.1) is 5.82 Å². The van der Waals surface area contributed by atoms with Crippen molar-refractivity contribution in [3.63, 3.8) is 0 Å². The molecule has 0 bridgehead atoms. The second kappa shape index (κ2) is 6.40. The van der Waals surface area contributed by atoms with Crippen molar-refractivity contribution in [3.05, 3.63) is 53.8 Å². The molecule has 0 radical (unpaired) electrons. The first-order chi connectivity index (χ1) is 12.1. The van der Waals surface area contributed by atoms with E-state index in [0.717, 1.165) is 5.56 Å². The molecule has 6 nitrogen and oxygen atoms in total. The predicted molar refractivity (Wildman–Crippen MR) is 93.7 cm³/mol. The van der Waals surface area contributed by atoms with E-state index in [-0.39, 0.29) is 23.5 Å². The normalized spacial score (nSPS) is 20.0. The quantitative estimate of drug-likeness (QED) is 0.578. The summed E-state index contributed by atoms with van der Waals surface area (Å²) >= 11 is 1.23. The van der Waals surface area contributed by atoms with Crippen molar-refractivity contribution in [2.24, 2.45) is 0 Å². The minimum Gasteiger partial charge on any atom is -0.508 e. The average molecular weight is 358 g/mol. The van der Waals surface area contributed by atoms with E-state index in [1.54, 1.807) is 18.2 Å². The number of phenolic OH excluding ortho intramolecular Hbond substituents is 1. The van der Waals surface area contributed by atoms with E-state index in [9.17, 15) is 14.3 Å². The fourth-order valence-electron chi connectivity index (χ4n) is 2.86. The summed E-state index contributed by atoms with van der Waals surface area (Å²) in [6, 6.07) is 10.7. The molecule has 8 heteroatoms. The summed E-state index contributed by atoms with van der Waals surface area (Å²) in [5, 5.41) is 13.1. The monoisotopic (exact) mass is 358 g/mol. The number of nitrogens with zero attached hydrogens (tertiary/aromatic N) is 1. The number of phenols is 1. The third-order valence-corrected chi connectivity index (χ3v) is 5.05. The number of hydrazine groups is 1. The van der Waals surface area contributed by atoms with Crippen molar-refractivity contribution < 1.29 is 14.3 Å². The summed E-state index contributed by atoms with van der Waals surface area (Å²) in [6.07, 6.45) is 0.489. The largest absolute Gasteiger partial charge is 0.508 e. The van der Waals surface area contributed by atoms with Crippen LogP contribution in [-0.2, 0) is 4.79 Å². The molecule has 1 aliphatic heterocycles. The molecule has 0 aliphatic carbocycles. The van der Waals surface area contributed by atoms with Gasteiger partial charge in [0.2, 0.25) is 5.91 Å². The first-order valence-electron chi connectivity index (χ1n) is 7.76. The van der Waals surface area contributed by atoms with Crippen molar-refractivity contribution in [1.29, 1.82) is 0 Å². The van der Waals surface area contributed by atoms with Crippen LogP contribution in [0.3, 0.4) is 0 Å². The molecule has 0 saturated carbocycles. The highest BCUT2D eigenvalue weighted by Crippen LogP contribution is 2.30. The Labute approximate surface area is 146 Å². The maximum atomic E-state index is 13.2. The second-order valence-electron chi connectivity index (χ2n) is 5.81. The van der Waals surface area contributed by atoms with E-state index in [0.29, 0.717) is 21.8 Å². The van der Waals surface area contributed by atoms with Gasteiger partial charge in [-0.1, -0.05) is 29.5 Å². The fourth-order valence-corrected chi connectivity index (χ4v) is 3.75. The van der Waals surface area contributed by atoms with Gasteiger partial charge in [0.05, 0.1) is 16.3 Å². The van der Waals surface area contributed by atoms with E-state index in [4.69, 9.17) is 0 Å². The summed E-state index contributed by atoms with van der Waals surface area (Å²) < 4.78 is 13.9. The Bertz CT molecular complexity index is 945. The summed E-state index contributed by atoms with van der Waals surface area (Å²) in [7, 11) is 0. The Morgan fingerprint density at radius 2 is 2.12 bits per heavy atom. The van der Waals surface area contributed by atoms with Crippen molar-refractivity contribution in [1.82, 2.24) is 15.8 Å². The molecule has 2 heterocycles. The molecule has 4 N–H and O–H groups in total. The number of aromatic hydroxyl groups is 1. The molecular formula is C17H15FN4O2S. The molecule has 2 unspecified atom stereocenters. The van der Waals surface area contributed by atoms with E-state index >= 15 is 0 Å². The van der Waals surface area contributed by atoms with Gasteiger partial charge in [0, 0.05) is 5.56 Å². The molecule has 0 spiro atoms. The van der Waals surface area contributed by atoms with Gasteiger partial charge in [-0.05, 0) is 30.7 Å². The third kappa shape index (κ3) is 3.19. The van der Waals surface area contributed by atoms with Crippen LogP contribution in [0.5, 0.6) is 5.75 Å². The fraction of sp³-hybridized carbons (Fsp3) is 0.176. The van der Waals surface area contributed by atoms with Gasteiger partial charge in [-0.25, -0.2) is 20.2 Å². The van der Waals surface area contributed by atoms with E-state index in [1.165, 1.54) is 23.5 Å². The lowest BCUT2D eigenvalue weighted by atomic mass is 10.0. The second-order valence-corrected chi connectivity index (χ2v) is 6.84. The lowest BCUT2D eigenvalue weighted by Gasteiger charge is -2.11. The number of hydrogen-bond acceptors (Lipinski definition) is 6. The molecule has 3 aromatic rings. The molecule has 1 amide bonds. The standard InChI is InChI=1S/C17H15FN4O2S/c18-9-5-6-11-15(7-9)25-17(19-11)20-16(24)13-8-12(21-22-13)10-3-1-2-4-14(10)23/h1-7,12-13,21-23H,8H2,(H,19,20,24). The Morgan fingerprint density at radius 1 is 1.28 bits per heavy atom. The van der Waals surface area contributed by atoms with E-state index in [2.05, 4.69) is 21.2 Å². The first-order valence-corrected chi connectivity index (χ1v) is 8.58. The van der Waals surface area contributed by atoms with Crippen LogP contribution < -0.4 is 16.2 Å². The van der Waals surface area contributed by atoms with E-state index < -0.39 is 6.04 Å². The van der Waals surface area contributed by atoms with Crippen LogP contribution in [-0.4, -0.2) is 22.0 Å². The number of rotatable bonds is 3. The minimum absolute atomic E-state index is 0.165. The molecule has 2 aromatic carbocycles. The number of nitrogens with one attached hydrogen (secondary N) is 3. The average Bonchev–Trinajstić information content (AvgIpc) is 3.21. The number of benzene rings is 2. The maximum Gasteiger partial charge on any atom is 0.244 e. The van der Waals surface area contributed by atoms with Crippen LogP contribution in [0.25, 0.3) is 10.2 Å². The smallest absolute Gasteiger partial charge is 0.244 e. The number of para-hydroxylation sites is 1. The predicted octanol–water partition coefficient (Wildman–Crippen LogP) is 2.69. The molecule has 1 saturated heterocycles. The number of anilines is 1. The zero-order chi connectivity index (χ0) is 17.4.